The zero-order chi connectivity index (χ0) is 11.1. The summed E-state index contributed by atoms with van der Waals surface area (Å²) in [5, 5.41) is 2.70. The Morgan fingerprint density at radius 3 is 1.75 bits per heavy atom. The molecule has 0 aromatic heterocycles. The molecule has 2 nitrogen and oxygen atoms in total. The summed E-state index contributed by atoms with van der Waals surface area (Å²) < 4.78 is 13.7. The van der Waals surface area contributed by atoms with Gasteiger partial charge in [-0.25, -0.2) is 0 Å². The summed E-state index contributed by atoms with van der Waals surface area (Å²) >= 11 is 1.07. The van der Waals surface area contributed by atoms with E-state index in [9.17, 15) is 0 Å². The van der Waals surface area contributed by atoms with E-state index < -0.39 is 0 Å². The SMILES string of the molecule is COc1ccc2ccc(OC)c3c2c1[Se][Se]3. The van der Waals surface area contributed by atoms with Crippen LogP contribution in [0.4, 0.5) is 0 Å². The monoisotopic (exact) mass is 346 g/mol. The Morgan fingerprint density at radius 1 is 0.812 bits per heavy atom. The number of hydrogen-bond acceptors (Lipinski definition) is 2. The topological polar surface area (TPSA) is 18.5 Å². The van der Waals surface area contributed by atoms with Gasteiger partial charge in [-0.1, -0.05) is 0 Å². The molecule has 4 heteroatoms. The summed E-state index contributed by atoms with van der Waals surface area (Å²) in [4.78, 5) is 0. The Morgan fingerprint density at radius 2 is 1.31 bits per heavy atom. The van der Waals surface area contributed by atoms with Gasteiger partial charge in [0, 0.05) is 0 Å². The van der Waals surface area contributed by atoms with Crippen molar-refractivity contribution in [2.24, 2.45) is 0 Å². The van der Waals surface area contributed by atoms with E-state index in [4.69, 9.17) is 9.47 Å². The molecule has 0 saturated carbocycles. The van der Waals surface area contributed by atoms with Crippen LogP contribution in [0.15, 0.2) is 24.3 Å². The molecule has 0 atom stereocenters. The molecule has 1 aliphatic heterocycles. The first-order valence-electron chi connectivity index (χ1n) is 4.87. The van der Waals surface area contributed by atoms with E-state index in [2.05, 4.69) is 24.3 Å². The second kappa shape index (κ2) is 3.97. The van der Waals surface area contributed by atoms with Crippen molar-refractivity contribution in [2.75, 3.05) is 14.2 Å². The Hall–Kier alpha value is -0.661. The quantitative estimate of drug-likeness (QED) is 0.737. The summed E-state index contributed by atoms with van der Waals surface area (Å²) in [7, 11) is 3.50. The van der Waals surface area contributed by atoms with E-state index in [-0.39, 0.29) is 0 Å². The van der Waals surface area contributed by atoms with Gasteiger partial charge in [0.05, 0.1) is 0 Å². The molecular weight excluding hydrogens is 334 g/mol. The Balaban J connectivity index is 2.39. The van der Waals surface area contributed by atoms with Gasteiger partial charge in [0.2, 0.25) is 0 Å². The van der Waals surface area contributed by atoms with Crippen molar-refractivity contribution in [1.82, 2.24) is 0 Å². The number of methoxy groups -OCH3 is 2. The molecule has 0 unspecified atom stereocenters. The van der Waals surface area contributed by atoms with Crippen LogP contribution >= 0.6 is 0 Å². The number of benzene rings is 2. The fraction of sp³-hybridized carbons (Fsp3) is 0.167. The standard InChI is InChI=1S/C12H10O2Se2/c1-13-8-5-3-7-4-6-9(14-2)12-10(7)11(8)15-16-12/h3-6H,1-2H3. The van der Waals surface area contributed by atoms with E-state index in [0.717, 1.165) is 11.5 Å². The van der Waals surface area contributed by atoms with Gasteiger partial charge in [0.15, 0.2) is 0 Å². The molecule has 0 saturated heterocycles. The molecular formula is C12H10O2Se2. The van der Waals surface area contributed by atoms with Crippen molar-refractivity contribution < 1.29 is 9.47 Å². The molecule has 0 aliphatic carbocycles. The zero-order valence-corrected chi connectivity index (χ0v) is 12.4. The molecule has 0 bridgehead atoms. The van der Waals surface area contributed by atoms with Crippen molar-refractivity contribution >= 4 is 46.0 Å². The van der Waals surface area contributed by atoms with E-state index in [1.54, 1.807) is 14.2 Å². The van der Waals surface area contributed by atoms with Gasteiger partial charge >= 0.3 is 105 Å². The van der Waals surface area contributed by atoms with Crippen molar-refractivity contribution in [3.63, 3.8) is 0 Å². The molecule has 16 heavy (non-hydrogen) atoms. The Bertz CT molecular complexity index is 520. The third kappa shape index (κ3) is 1.38. The molecule has 3 rings (SSSR count). The predicted molar refractivity (Wildman–Crippen MR) is 67.8 cm³/mol. The van der Waals surface area contributed by atoms with Crippen LogP contribution in [0.25, 0.3) is 10.8 Å². The van der Waals surface area contributed by atoms with Crippen molar-refractivity contribution in [3.8, 4) is 11.5 Å². The third-order valence-corrected chi connectivity index (χ3v) is 9.78. The summed E-state index contributed by atoms with van der Waals surface area (Å²) in [5.41, 5.74) is 0. The fourth-order valence-corrected chi connectivity index (χ4v) is 10.2. The van der Waals surface area contributed by atoms with Crippen LogP contribution in [0.1, 0.15) is 0 Å². The molecule has 0 N–H and O–H groups in total. The summed E-state index contributed by atoms with van der Waals surface area (Å²) in [6.07, 6.45) is 0. The Kier molecular flexibility index (Phi) is 2.61. The summed E-state index contributed by atoms with van der Waals surface area (Å²) in [5.74, 6) is 2.09. The molecule has 0 amide bonds. The van der Waals surface area contributed by atoms with Crippen LogP contribution in [-0.2, 0) is 0 Å². The summed E-state index contributed by atoms with van der Waals surface area (Å²) in [6, 6.07) is 8.43. The normalized spacial score (nSPS) is 13.1. The average Bonchev–Trinajstić information content (AvgIpc) is 2.77. The van der Waals surface area contributed by atoms with Gasteiger partial charge in [-0.05, 0) is 0 Å². The zero-order valence-electron chi connectivity index (χ0n) is 8.94. The van der Waals surface area contributed by atoms with E-state index in [0.29, 0.717) is 26.3 Å². The molecule has 0 radical (unpaired) electrons. The van der Waals surface area contributed by atoms with Gasteiger partial charge in [-0.15, -0.1) is 0 Å². The molecule has 0 fully saturated rings. The summed E-state index contributed by atoms with van der Waals surface area (Å²) in [6.45, 7) is 0. The second-order valence-electron chi connectivity index (χ2n) is 3.46. The van der Waals surface area contributed by atoms with Crippen molar-refractivity contribution in [3.05, 3.63) is 24.3 Å². The van der Waals surface area contributed by atoms with E-state index in [1.807, 2.05) is 0 Å². The van der Waals surface area contributed by atoms with Crippen molar-refractivity contribution in [1.29, 1.82) is 0 Å². The van der Waals surface area contributed by atoms with Gasteiger partial charge in [0.25, 0.3) is 0 Å². The minimum atomic E-state index is 0.537. The second-order valence-corrected chi connectivity index (χ2v) is 9.51. The van der Waals surface area contributed by atoms with E-state index >= 15 is 0 Å². The molecule has 0 spiro atoms. The average molecular weight is 344 g/mol. The van der Waals surface area contributed by atoms with Gasteiger partial charge < -0.3 is 0 Å². The number of hydrogen-bond donors (Lipinski definition) is 0. The maximum atomic E-state index is 5.44. The minimum absolute atomic E-state index is 0.537. The number of rotatable bonds is 2. The van der Waals surface area contributed by atoms with Gasteiger partial charge in [-0.2, -0.15) is 0 Å². The maximum absolute atomic E-state index is 5.44. The molecule has 82 valence electrons. The van der Waals surface area contributed by atoms with E-state index in [1.165, 1.54) is 19.7 Å². The van der Waals surface area contributed by atoms with Crippen LogP contribution in [0, 0.1) is 0 Å². The predicted octanol–water partition coefficient (Wildman–Crippen LogP) is 0.445. The molecule has 2 aromatic carbocycles. The first-order valence-corrected chi connectivity index (χ1v) is 10.9. The molecule has 2 aromatic rings. The molecule has 1 heterocycles. The third-order valence-electron chi connectivity index (χ3n) is 2.67. The molecule has 1 aliphatic rings. The van der Waals surface area contributed by atoms with Crippen LogP contribution in [0.2, 0.25) is 0 Å². The van der Waals surface area contributed by atoms with Crippen LogP contribution in [-0.4, -0.2) is 40.5 Å². The number of ether oxygens (including phenoxy) is 2. The van der Waals surface area contributed by atoms with Crippen LogP contribution < -0.4 is 18.4 Å². The van der Waals surface area contributed by atoms with Gasteiger partial charge in [-0.3, -0.25) is 0 Å². The van der Waals surface area contributed by atoms with Crippen LogP contribution in [0.5, 0.6) is 11.5 Å². The first kappa shape index (κ1) is 10.5. The fourth-order valence-electron chi connectivity index (χ4n) is 1.89. The van der Waals surface area contributed by atoms with Crippen LogP contribution in [0.3, 0.4) is 0 Å². The Labute approximate surface area is 105 Å². The van der Waals surface area contributed by atoms with Gasteiger partial charge in [0.1, 0.15) is 0 Å². The van der Waals surface area contributed by atoms with Crippen molar-refractivity contribution in [2.45, 2.75) is 0 Å². The first-order chi connectivity index (χ1) is 7.85.